The van der Waals surface area contributed by atoms with Crippen molar-refractivity contribution in [3.8, 4) is 0 Å². The van der Waals surface area contributed by atoms with Crippen LogP contribution in [-0.2, 0) is 0 Å². The molecule has 4 nitrogen and oxygen atoms in total. The molecule has 3 aromatic rings. The number of rotatable bonds is 6. The molecule has 0 saturated carbocycles. The van der Waals surface area contributed by atoms with Crippen LogP contribution in [0.3, 0.4) is 0 Å². The first kappa shape index (κ1) is 18.0. The summed E-state index contributed by atoms with van der Waals surface area (Å²) in [6.45, 7) is 0. The summed E-state index contributed by atoms with van der Waals surface area (Å²) in [4.78, 5) is 0. The Balaban J connectivity index is 1.54. The average molecular weight is 383 g/mol. The molecular weight excluding hydrogens is 367 g/mol. The van der Waals surface area contributed by atoms with Gasteiger partial charge in [-0.1, -0.05) is 59.6 Å². The molecule has 3 aromatic carbocycles. The second-order valence-corrected chi connectivity index (χ2v) is 6.30. The molecular formula is C20H16Cl2N4. The maximum Gasteiger partial charge on any atom is 0.0576 e. The second kappa shape index (κ2) is 9.04. The number of nitrogens with one attached hydrogen (secondary N) is 2. The molecule has 0 aromatic heterocycles. The van der Waals surface area contributed by atoms with E-state index >= 15 is 0 Å². The Morgan fingerprint density at radius 1 is 0.615 bits per heavy atom. The fourth-order valence-corrected chi connectivity index (χ4v) is 2.53. The smallest absolute Gasteiger partial charge is 0.0576 e. The van der Waals surface area contributed by atoms with Gasteiger partial charge in [0.2, 0.25) is 0 Å². The lowest BCUT2D eigenvalue weighted by Gasteiger charge is -2.01. The molecule has 26 heavy (non-hydrogen) atoms. The van der Waals surface area contributed by atoms with Crippen molar-refractivity contribution in [1.29, 1.82) is 0 Å². The van der Waals surface area contributed by atoms with Gasteiger partial charge in [-0.2, -0.15) is 10.2 Å². The largest absolute Gasteiger partial charge is 0.278 e. The van der Waals surface area contributed by atoms with Gasteiger partial charge in [0.1, 0.15) is 0 Å². The molecule has 0 amide bonds. The molecule has 0 atom stereocenters. The van der Waals surface area contributed by atoms with E-state index in [4.69, 9.17) is 23.2 Å². The number of nitrogens with zero attached hydrogens (tertiary/aromatic N) is 2. The summed E-state index contributed by atoms with van der Waals surface area (Å²) < 4.78 is 0. The zero-order chi connectivity index (χ0) is 18.2. The van der Waals surface area contributed by atoms with Crippen LogP contribution in [-0.4, -0.2) is 12.4 Å². The molecule has 3 rings (SSSR count). The summed E-state index contributed by atoms with van der Waals surface area (Å²) in [6.07, 6.45) is 3.48. The van der Waals surface area contributed by atoms with E-state index in [1.807, 2.05) is 72.8 Å². The predicted octanol–water partition coefficient (Wildman–Crippen LogP) is 5.89. The Morgan fingerprint density at radius 2 is 1.04 bits per heavy atom. The van der Waals surface area contributed by atoms with E-state index in [1.165, 1.54) is 0 Å². The molecule has 130 valence electrons. The third-order valence-electron chi connectivity index (χ3n) is 3.40. The summed E-state index contributed by atoms with van der Waals surface area (Å²) in [6, 6.07) is 22.6. The van der Waals surface area contributed by atoms with Gasteiger partial charge >= 0.3 is 0 Å². The van der Waals surface area contributed by atoms with E-state index in [1.54, 1.807) is 12.4 Å². The van der Waals surface area contributed by atoms with Crippen molar-refractivity contribution in [2.45, 2.75) is 0 Å². The molecule has 0 bridgehead atoms. The maximum atomic E-state index is 5.93. The van der Waals surface area contributed by atoms with Crippen LogP contribution in [0.5, 0.6) is 0 Å². The molecule has 0 spiro atoms. The molecule has 0 saturated heterocycles. The Labute approximate surface area is 162 Å². The van der Waals surface area contributed by atoms with Crippen LogP contribution in [0.1, 0.15) is 11.1 Å². The lowest BCUT2D eigenvalue weighted by Crippen LogP contribution is -1.92. The fourth-order valence-electron chi connectivity index (χ4n) is 2.15. The zero-order valence-electron chi connectivity index (χ0n) is 13.7. The summed E-state index contributed by atoms with van der Waals surface area (Å²) in [5.74, 6) is 0. The van der Waals surface area contributed by atoms with Crippen molar-refractivity contribution in [2.75, 3.05) is 10.9 Å². The first-order valence-electron chi connectivity index (χ1n) is 7.88. The molecule has 0 aliphatic carbocycles. The lowest BCUT2D eigenvalue weighted by molar-refractivity contribution is 1.34. The van der Waals surface area contributed by atoms with Gasteiger partial charge in [-0.05, 0) is 47.5 Å². The van der Waals surface area contributed by atoms with Crippen molar-refractivity contribution < 1.29 is 0 Å². The van der Waals surface area contributed by atoms with Crippen LogP contribution in [0.2, 0.25) is 10.0 Å². The minimum atomic E-state index is 0.667. The number of hydrazone groups is 2. The SMILES string of the molecule is Clc1cccc(N/N=C/c2ccc(/C=N/Nc3cccc(Cl)c3)cc2)c1. The minimum absolute atomic E-state index is 0.667. The summed E-state index contributed by atoms with van der Waals surface area (Å²) >= 11 is 11.9. The highest BCUT2D eigenvalue weighted by atomic mass is 35.5. The van der Waals surface area contributed by atoms with Gasteiger partial charge in [-0.3, -0.25) is 10.9 Å². The van der Waals surface area contributed by atoms with E-state index in [0.29, 0.717) is 10.0 Å². The highest BCUT2D eigenvalue weighted by Gasteiger charge is 1.93. The molecule has 0 heterocycles. The first-order chi connectivity index (χ1) is 12.7. The van der Waals surface area contributed by atoms with E-state index in [0.717, 1.165) is 22.5 Å². The monoisotopic (exact) mass is 382 g/mol. The normalized spacial score (nSPS) is 11.2. The number of halogens is 2. The van der Waals surface area contributed by atoms with Gasteiger partial charge < -0.3 is 0 Å². The molecule has 0 fully saturated rings. The van der Waals surface area contributed by atoms with Crippen LogP contribution in [0.15, 0.2) is 83.0 Å². The number of anilines is 2. The van der Waals surface area contributed by atoms with Gasteiger partial charge in [-0.15, -0.1) is 0 Å². The van der Waals surface area contributed by atoms with Crippen molar-refractivity contribution in [3.05, 3.63) is 94.0 Å². The predicted molar refractivity (Wildman–Crippen MR) is 112 cm³/mol. The first-order valence-corrected chi connectivity index (χ1v) is 8.64. The van der Waals surface area contributed by atoms with Gasteiger partial charge in [0.25, 0.3) is 0 Å². The highest BCUT2D eigenvalue weighted by Crippen LogP contribution is 2.15. The summed E-state index contributed by atoms with van der Waals surface area (Å²) in [5.41, 5.74) is 9.51. The van der Waals surface area contributed by atoms with Crippen LogP contribution < -0.4 is 10.9 Å². The lowest BCUT2D eigenvalue weighted by atomic mass is 10.2. The number of benzene rings is 3. The molecule has 0 radical (unpaired) electrons. The maximum absolute atomic E-state index is 5.93. The van der Waals surface area contributed by atoms with E-state index in [9.17, 15) is 0 Å². The number of hydrogen-bond donors (Lipinski definition) is 2. The van der Waals surface area contributed by atoms with Crippen molar-refractivity contribution in [1.82, 2.24) is 0 Å². The topological polar surface area (TPSA) is 48.8 Å². The average Bonchev–Trinajstić information content (AvgIpc) is 2.63. The standard InChI is InChI=1S/C20H16Cl2N4/c21-17-3-1-5-19(11-17)25-23-13-15-7-9-16(10-8-15)14-24-26-20-6-2-4-18(22)12-20/h1-14,25-26H/b23-13+,24-14+. The quantitative estimate of drug-likeness (QED) is 0.412. The summed E-state index contributed by atoms with van der Waals surface area (Å²) in [7, 11) is 0. The van der Waals surface area contributed by atoms with Crippen LogP contribution in [0, 0.1) is 0 Å². The van der Waals surface area contributed by atoms with Crippen molar-refractivity contribution in [2.24, 2.45) is 10.2 Å². The van der Waals surface area contributed by atoms with Crippen LogP contribution in [0.4, 0.5) is 11.4 Å². The Kier molecular flexibility index (Phi) is 6.25. The number of hydrogen-bond acceptors (Lipinski definition) is 4. The zero-order valence-corrected chi connectivity index (χ0v) is 15.2. The molecule has 0 aliphatic rings. The van der Waals surface area contributed by atoms with Gasteiger partial charge in [0, 0.05) is 10.0 Å². The Morgan fingerprint density at radius 3 is 1.42 bits per heavy atom. The van der Waals surface area contributed by atoms with E-state index in [-0.39, 0.29) is 0 Å². The van der Waals surface area contributed by atoms with Gasteiger partial charge in [0.05, 0.1) is 23.8 Å². The third kappa shape index (κ3) is 5.62. The van der Waals surface area contributed by atoms with Gasteiger partial charge in [0.15, 0.2) is 0 Å². The Hall–Kier alpha value is -2.82. The van der Waals surface area contributed by atoms with Crippen molar-refractivity contribution >= 4 is 47.0 Å². The van der Waals surface area contributed by atoms with Crippen LogP contribution >= 0.6 is 23.2 Å². The molecule has 0 unspecified atom stereocenters. The minimum Gasteiger partial charge on any atom is -0.278 e. The third-order valence-corrected chi connectivity index (χ3v) is 3.87. The van der Waals surface area contributed by atoms with Crippen LogP contribution in [0.25, 0.3) is 0 Å². The van der Waals surface area contributed by atoms with E-state index in [2.05, 4.69) is 21.1 Å². The molecule has 6 heteroatoms. The summed E-state index contributed by atoms with van der Waals surface area (Å²) in [5, 5.41) is 9.73. The highest BCUT2D eigenvalue weighted by molar-refractivity contribution is 6.31. The fraction of sp³-hybridized carbons (Fsp3) is 0. The Bertz CT molecular complexity index is 845. The molecule has 0 aliphatic heterocycles. The second-order valence-electron chi connectivity index (χ2n) is 5.43. The molecule has 2 N–H and O–H groups in total. The van der Waals surface area contributed by atoms with Gasteiger partial charge in [-0.25, -0.2) is 0 Å². The van der Waals surface area contributed by atoms with E-state index < -0.39 is 0 Å². The van der Waals surface area contributed by atoms with Crippen molar-refractivity contribution in [3.63, 3.8) is 0 Å².